The van der Waals surface area contributed by atoms with Crippen molar-refractivity contribution in [3.8, 4) is 0 Å². The Labute approximate surface area is 103 Å². The molecular weight excluding hydrogens is 208 g/mol. The topological polar surface area (TPSA) is 20.2 Å². The predicted molar refractivity (Wildman–Crippen MR) is 70.5 cm³/mol. The van der Waals surface area contributed by atoms with Crippen molar-refractivity contribution >= 4 is 0 Å². The van der Waals surface area contributed by atoms with Gasteiger partial charge in [-0.15, -0.1) is 0 Å². The van der Waals surface area contributed by atoms with Crippen molar-refractivity contribution in [2.45, 2.75) is 38.7 Å². The number of aliphatic hydroxyl groups is 1. The first-order valence-corrected chi connectivity index (χ1v) is 6.75. The summed E-state index contributed by atoms with van der Waals surface area (Å²) in [6.45, 7) is 1.91. The third-order valence-corrected chi connectivity index (χ3v) is 4.27. The van der Waals surface area contributed by atoms with Crippen LogP contribution in [0.5, 0.6) is 0 Å². The molecule has 90 valence electrons. The highest BCUT2D eigenvalue weighted by molar-refractivity contribution is 5.51. The summed E-state index contributed by atoms with van der Waals surface area (Å²) in [5, 5.41) is 10.1. The summed E-state index contributed by atoms with van der Waals surface area (Å²) in [5.74, 6) is 1.21. The van der Waals surface area contributed by atoms with Gasteiger partial charge in [-0.05, 0) is 55.2 Å². The van der Waals surface area contributed by atoms with Gasteiger partial charge in [-0.3, -0.25) is 0 Å². The fraction of sp³-hybridized carbons (Fsp3) is 0.500. The normalized spacial score (nSPS) is 32.9. The van der Waals surface area contributed by atoms with Gasteiger partial charge in [0.25, 0.3) is 0 Å². The molecule has 0 saturated carbocycles. The molecule has 0 aliphatic heterocycles. The zero-order valence-electron chi connectivity index (χ0n) is 10.4. The van der Waals surface area contributed by atoms with E-state index < -0.39 is 0 Å². The molecule has 1 N–H and O–H groups in total. The first-order chi connectivity index (χ1) is 8.27. The molecule has 0 aromatic carbocycles. The van der Waals surface area contributed by atoms with Crippen LogP contribution in [-0.2, 0) is 0 Å². The quantitative estimate of drug-likeness (QED) is 0.728. The lowest BCUT2D eigenvalue weighted by Gasteiger charge is -2.38. The van der Waals surface area contributed by atoms with E-state index in [0.717, 1.165) is 0 Å². The van der Waals surface area contributed by atoms with Crippen LogP contribution in [0.2, 0.25) is 0 Å². The highest BCUT2D eigenvalue weighted by Crippen LogP contribution is 2.45. The number of fused-ring (bicyclic) bond motifs is 2. The summed E-state index contributed by atoms with van der Waals surface area (Å²) >= 11 is 0. The van der Waals surface area contributed by atoms with Gasteiger partial charge in [0.2, 0.25) is 0 Å². The van der Waals surface area contributed by atoms with Gasteiger partial charge in [-0.1, -0.05) is 30.4 Å². The second kappa shape index (κ2) is 4.30. The lowest BCUT2D eigenvalue weighted by Crippen LogP contribution is -2.27. The fourth-order valence-electron chi connectivity index (χ4n) is 3.55. The van der Waals surface area contributed by atoms with Crippen LogP contribution in [0.3, 0.4) is 0 Å². The van der Waals surface area contributed by atoms with E-state index in [1.807, 2.05) is 6.92 Å². The molecule has 0 fully saturated rings. The molecular formula is C16H20O. The molecule has 0 radical (unpaired) electrons. The molecule has 3 aliphatic rings. The van der Waals surface area contributed by atoms with Crippen LogP contribution in [0.4, 0.5) is 0 Å². The monoisotopic (exact) mass is 228 g/mol. The second-order valence-corrected chi connectivity index (χ2v) is 5.42. The summed E-state index contributed by atoms with van der Waals surface area (Å²) in [4.78, 5) is 0. The average molecular weight is 228 g/mol. The van der Waals surface area contributed by atoms with E-state index in [9.17, 15) is 5.11 Å². The largest absolute Gasteiger partial charge is 0.389 e. The van der Waals surface area contributed by atoms with Gasteiger partial charge in [-0.25, -0.2) is 0 Å². The van der Waals surface area contributed by atoms with Crippen molar-refractivity contribution in [1.82, 2.24) is 0 Å². The van der Waals surface area contributed by atoms with Gasteiger partial charge in [0.1, 0.15) is 0 Å². The SMILES string of the molecule is C[C@H](O)C1=C2C=CC=C[C@@H]2C[C@@H]2CCCC=C12. The summed E-state index contributed by atoms with van der Waals surface area (Å²) in [6, 6.07) is 0. The molecule has 3 rings (SSSR count). The molecule has 0 aromatic heterocycles. The summed E-state index contributed by atoms with van der Waals surface area (Å²) in [6.07, 6.45) is 15.8. The first kappa shape index (κ1) is 11.0. The molecule has 1 heteroatoms. The Hall–Kier alpha value is -1.08. The van der Waals surface area contributed by atoms with Gasteiger partial charge in [0.05, 0.1) is 6.10 Å². The van der Waals surface area contributed by atoms with Gasteiger partial charge < -0.3 is 5.11 Å². The molecule has 17 heavy (non-hydrogen) atoms. The van der Waals surface area contributed by atoms with Crippen LogP contribution in [0.25, 0.3) is 0 Å². The lowest BCUT2D eigenvalue weighted by atomic mass is 9.68. The van der Waals surface area contributed by atoms with E-state index in [2.05, 4.69) is 30.4 Å². The van der Waals surface area contributed by atoms with E-state index in [1.54, 1.807) is 0 Å². The maximum Gasteiger partial charge on any atom is 0.0767 e. The molecule has 0 amide bonds. The number of allylic oxidation sites excluding steroid dienone is 6. The maximum absolute atomic E-state index is 10.1. The highest BCUT2D eigenvalue weighted by atomic mass is 16.3. The second-order valence-electron chi connectivity index (χ2n) is 5.42. The molecule has 0 spiro atoms. The van der Waals surface area contributed by atoms with Crippen LogP contribution in [0.1, 0.15) is 32.6 Å². The summed E-state index contributed by atoms with van der Waals surface area (Å²) in [5.41, 5.74) is 4.01. The van der Waals surface area contributed by atoms with E-state index in [1.165, 1.54) is 42.4 Å². The van der Waals surface area contributed by atoms with E-state index >= 15 is 0 Å². The highest BCUT2D eigenvalue weighted by Gasteiger charge is 2.33. The standard InChI is InChI=1S/C16H20O/c1-11(17)16-14-8-4-2-6-12(14)10-13-7-3-5-9-15(13)16/h2,4,6,8-9,11-13,17H,3,5,7,10H2,1H3/t11-,12+,13-/m0/s1. The van der Waals surface area contributed by atoms with Crippen LogP contribution in [-0.4, -0.2) is 11.2 Å². The Kier molecular flexibility index (Phi) is 2.79. The Bertz CT molecular complexity index is 434. The lowest BCUT2D eigenvalue weighted by molar-refractivity contribution is 0.224. The number of hydrogen-bond donors (Lipinski definition) is 1. The molecule has 1 nitrogen and oxygen atoms in total. The van der Waals surface area contributed by atoms with Crippen molar-refractivity contribution in [3.05, 3.63) is 47.1 Å². The van der Waals surface area contributed by atoms with Crippen LogP contribution in [0.15, 0.2) is 47.1 Å². The third kappa shape index (κ3) is 1.83. The van der Waals surface area contributed by atoms with Crippen molar-refractivity contribution in [1.29, 1.82) is 0 Å². The van der Waals surface area contributed by atoms with Crippen molar-refractivity contribution < 1.29 is 5.11 Å². The van der Waals surface area contributed by atoms with E-state index in [-0.39, 0.29) is 6.10 Å². The summed E-state index contributed by atoms with van der Waals surface area (Å²) in [7, 11) is 0. The van der Waals surface area contributed by atoms with Crippen molar-refractivity contribution in [2.24, 2.45) is 11.8 Å². The maximum atomic E-state index is 10.1. The third-order valence-electron chi connectivity index (χ3n) is 4.27. The molecule has 3 atom stereocenters. The minimum Gasteiger partial charge on any atom is -0.389 e. The Balaban J connectivity index is 2.12. The van der Waals surface area contributed by atoms with Crippen molar-refractivity contribution in [2.75, 3.05) is 0 Å². The Morgan fingerprint density at radius 1 is 1.35 bits per heavy atom. The minimum absolute atomic E-state index is 0.337. The first-order valence-electron chi connectivity index (χ1n) is 6.75. The van der Waals surface area contributed by atoms with E-state index in [0.29, 0.717) is 11.8 Å². The van der Waals surface area contributed by atoms with Gasteiger partial charge in [0, 0.05) is 5.92 Å². The van der Waals surface area contributed by atoms with Crippen molar-refractivity contribution in [3.63, 3.8) is 0 Å². The van der Waals surface area contributed by atoms with Crippen LogP contribution >= 0.6 is 0 Å². The van der Waals surface area contributed by atoms with Gasteiger partial charge >= 0.3 is 0 Å². The molecule has 0 heterocycles. The smallest absolute Gasteiger partial charge is 0.0767 e. The van der Waals surface area contributed by atoms with Crippen LogP contribution < -0.4 is 0 Å². The Morgan fingerprint density at radius 2 is 2.24 bits per heavy atom. The zero-order chi connectivity index (χ0) is 11.8. The molecule has 0 aromatic rings. The predicted octanol–water partition coefficient (Wildman–Crippen LogP) is 3.54. The average Bonchev–Trinajstić information content (AvgIpc) is 2.35. The Morgan fingerprint density at radius 3 is 3.06 bits per heavy atom. The van der Waals surface area contributed by atoms with Crippen LogP contribution in [0, 0.1) is 11.8 Å². The van der Waals surface area contributed by atoms with Gasteiger partial charge in [-0.2, -0.15) is 0 Å². The van der Waals surface area contributed by atoms with Gasteiger partial charge in [0.15, 0.2) is 0 Å². The summed E-state index contributed by atoms with van der Waals surface area (Å²) < 4.78 is 0. The number of aliphatic hydroxyl groups excluding tert-OH is 1. The molecule has 0 saturated heterocycles. The fourth-order valence-corrected chi connectivity index (χ4v) is 3.55. The minimum atomic E-state index is -0.337. The zero-order valence-corrected chi connectivity index (χ0v) is 10.4. The molecule has 0 bridgehead atoms. The number of rotatable bonds is 1. The molecule has 0 unspecified atom stereocenters. The molecule has 3 aliphatic carbocycles. The number of hydrogen-bond acceptors (Lipinski definition) is 1. The van der Waals surface area contributed by atoms with E-state index in [4.69, 9.17) is 0 Å².